The molecule has 4 heteroatoms. The highest BCUT2D eigenvalue weighted by atomic mass is 19.1. The van der Waals surface area contributed by atoms with E-state index in [9.17, 15) is 9.18 Å². The molecule has 0 fully saturated rings. The number of rotatable bonds is 5. The Hall–Kier alpha value is -1.68. The van der Waals surface area contributed by atoms with Crippen LogP contribution in [0.4, 0.5) is 4.39 Å². The molecule has 0 aliphatic heterocycles. The summed E-state index contributed by atoms with van der Waals surface area (Å²) in [6.45, 7) is 2.40. The van der Waals surface area contributed by atoms with Gasteiger partial charge in [0, 0.05) is 18.7 Å². The molecule has 1 atom stereocenters. The van der Waals surface area contributed by atoms with Gasteiger partial charge in [0.15, 0.2) is 0 Å². The number of hydrogen-bond acceptors (Lipinski definition) is 2. The van der Waals surface area contributed by atoms with E-state index in [2.05, 4.69) is 5.32 Å². The Morgan fingerprint density at radius 1 is 1.50 bits per heavy atom. The minimum absolute atomic E-state index is 0.0547. The van der Waals surface area contributed by atoms with E-state index < -0.39 is 5.97 Å². The first kappa shape index (κ1) is 12.4. The molecular formula is C12H14FNO2. The third kappa shape index (κ3) is 4.23. The smallest absolute Gasteiger partial charge is 0.328 e. The Balaban J connectivity index is 2.43. The lowest BCUT2D eigenvalue weighted by molar-refractivity contribution is -0.131. The van der Waals surface area contributed by atoms with Gasteiger partial charge in [-0.05, 0) is 24.6 Å². The molecule has 0 heterocycles. The number of nitrogens with one attached hydrogen (secondary N) is 1. The zero-order chi connectivity index (χ0) is 12.0. The summed E-state index contributed by atoms with van der Waals surface area (Å²) in [6, 6.07) is 6.27. The van der Waals surface area contributed by atoms with Crippen LogP contribution in [0.25, 0.3) is 0 Å². The Morgan fingerprint density at radius 3 is 2.69 bits per heavy atom. The number of carboxylic acids is 1. The lowest BCUT2D eigenvalue weighted by Gasteiger charge is -2.12. The molecule has 0 bridgehead atoms. The van der Waals surface area contributed by atoms with Crippen molar-refractivity contribution < 1.29 is 14.3 Å². The van der Waals surface area contributed by atoms with Crippen molar-refractivity contribution in [3.8, 4) is 0 Å². The second kappa shape index (κ2) is 6.02. The van der Waals surface area contributed by atoms with Gasteiger partial charge in [0.2, 0.25) is 0 Å². The van der Waals surface area contributed by atoms with Gasteiger partial charge < -0.3 is 10.4 Å². The van der Waals surface area contributed by atoms with Crippen LogP contribution in [0.3, 0.4) is 0 Å². The fraction of sp³-hybridized carbons (Fsp3) is 0.250. The van der Waals surface area contributed by atoms with E-state index in [1.54, 1.807) is 12.1 Å². The molecule has 0 aliphatic carbocycles. The summed E-state index contributed by atoms with van der Waals surface area (Å²) in [5, 5.41) is 11.5. The van der Waals surface area contributed by atoms with Gasteiger partial charge in [-0.3, -0.25) is 0 Å². The molecule has 2 N–H and O–H groups in total. The quantitative estimate of drug-likeness (QED) is 0.752. The topological polar surface area (TPSA) is 49.3 Å². The number of carbonyl (C=O) groups is 1. The van der Waals surface area contributed by atoms with Gasteiger partial charge in [-0.25, -0.2) is 9.18 Å². The average Bonchev–Trinajstić information content (AvgIpc) is 2.25. The van der Waals surface area contributed by atoms with Crippen LogP contribution >= 0.6 is 0 Å². The molecule has 0 spiro atoms. The van der Waals surface area contributed by atoms with E-state index in [1.165, 1.54) is 18.2 Å². The monoisotopic (exact) mass is 223 g/mol. The predicted octanol–water partition coefficient (Wildman–Crippen LogP) is 2.12. The average molecular weight is 223 g/mol. The molecule has 1 rings (SSSR count). The Bertz CT molecular complexity index is 373. The highest BCUT2D eigenvalue weighted by Crippen LogP contribution is 2.12. The van der Waals surface area contributed by atoms with E-state index in [0.29, 0.717) is 6.54 Å². The van der Waals surface area contributed by atoms with Crippen LogP contribution in [0.15, 0.2) is 36.4 Å². The van der Waals surface area contributed by atoms with Gasteiger partial charge in [0.1, 0.15) is 5.82 Å². The maximum Gasteiger partial charge on any atom is 0.328 e. The summed E-state index contributed by atoms with van der Waals surface area (Å²) in [7, 11) is 0. The second-order valence-corrected chi connectivity index (χ2v) is 3.42. The molecule has 86 valence electrons. The molecule has 0 radical (unpaired) electrons. The van der Waals surface area contributed by atoms with Gasteiger partial charge >= 0.3 is 5.97 Å². The number of aliphatic carboxylic acids is 1. The first-order chi connectivity index (χ1) is 7.59. The number of halogens is 1. The summed E-state index contributed by atoms with van der Waals surface area (Å²) in [5.41, 5.74) is 0.963. The molecule has 1 aromatic rings. The van der Waals surface area contributed by atoms with Gasteiger partial charge in [-0.2, -0.15) is 0 Å². The molecule has 0 saturated heterocycles. The largest absolute Gasteiger partial charge is 0.478 e. The first-order valence-electron chi connectivity index (χ1n) is 4.98. The molecule has 0 saturated carbocycles. The lowest BCUT2D eigenvalue weighted by atomic mass is 10.1. The summed E-state index contributed by atoms with van der Waals surface area (Å²) in [6.07, 6.45) is 2.62. The third-order valence-electron chi connectivity index (χ3n) is 2.17. The van der Waals surface area contributed by atoms with E-state index in [0.717, 1.165) is 11.6 Å². The zero-order valence-electron chi connectivity index (χ0n) is 8.98. The molecule has 0 aromatic heterocycles. The van der Waals surface area contributed by atoms with Crippen molar-refractivity contribution in [2.75, 3.05) is 6.54 Å². The van der Waals surface area contributed by atoms with Gasteiger partial charge in [0.25, 0.3) is 0 Å². The van der Waals surface area contributed by atoms with Crippen molar-refractivity contribution >= 4 is 5.97 Å². The van der Waals surface area contributed by atoms with Gasteiger partial charge in [-0.1, -0.05) is 18.2 Å². The van der Waals surface area contributed by atoms with Crippen LogP contribution in [-0.4, -0.2) is 17.6 Å². The Morgan fingerprint density at radius 2 is 2.12 bits per heavy atom. The van der Waals surface area contributed by atoms with Crippen LogP contribution in [0, 0.1) is 5.82 Å². The van der Waals surface area contributed by atoms with Crippen molar-refractivity contribution in [1.29, 1.82) is 0 Å². The fourth-order valence-electron chi connectivity index (χ4n) is 1.27. The summed E-state index contributed by atoms with van der Waals surface area (Å²) < 4.78 is 12.6. The number of hydrogen-bond donors (Lipinski definition) is 2. The van der Waals surface area contributed by atoms with E-state index in [-0.39, 0.29) is 11.9 Å². The molecule has 0 aliphatic rings. The van der Waals surface area contributed by atoms with E-state index in [1.807, 2.05) is 6.92 Å². The Kier molecular flexibility index (Phi) is 4.66. The summed E-state index contributed by atoms with van der Waals surface area (Å²) >= 11 is 0. The van der Waals surface area contributed by atoms with Crippen LogP contribution < -0.4 is 5.32 Å². The molecule has 3 nitrogen and oxygen atoms in total. The third-order valence-corrected chi connectivity index (χ3v) is 2.17. The highest BCUT2D eigenvalue weighted by Gasteiger charge is 2.02. The maximum atomic E-state index is 12.6. The van der Waals surface area contributed by atoms with Gasteiger partial charge in [-0.15, -0.1) is 0 Å². The SMILES string of the molecule is C[C@H](NC/C=C/C(=O)O)c1ccc(F)cc1. The summed E-state index contributed by atoms with van der Waals surface area (Å²) in [5.74, 6) is -1.22. The molecule has 0 unspecified atom stereocenters. The normalized spacial score (nSPS) is 12.9. The molecular weight excluding hydrogens is 209 g/mol. The van der Waals surface area contributed by atoms with E-state index in [4.69, 9.17) is 5.11 Å². The van der Waals surface area contributed by atoms with Crippen LogP contribution in [0.5, 0.6) is 0 Å². The second-order valence-electron chi connectivity index (χ2n) is 3.42. The maximum absolute atomic E-state index is 12.6. The number of benzene rings is 1. The van der Waals surface area contributed by atoms with Crippen molar-refractivity contribution in [3.63, 3.8) is 0 Å². The van der Waals surface area contributed by atoms with E-state index >= 15 is 0 Å². The fourth-order valence-corrected chi connectivity index (χ4v) is 1.27. The van der Waals surface area contributed by atoms with Gasteiger partial charge in [0.05, 0.1) is 0 Å². The zero-order valence-corrected chi connectivity index (χ0v) is 8.98. The predicted molar refractivity (Wildman–Crippen MR) is 59.6 cm³/mol. The molecule has 0 amide bonds. The lowest BCUT2D eigenvalue weighted by Crippen LogP contribution is -2.18. The minimum Gasteiger partial charge on any atom is -0.478 e. The highest BCUT2D eigenvalue weighted by molar-refractivity contribution is 5.79. The molecule has 16 heavy (non-hydrogen) atoms. The molecule has 1 aromatic carbocycles. The number of carboxylic acid groups (broad SMARTS) is 1. The van der Waals surface area contributed by atoms with Crippen molar-refractivity contribution in [2.45, 2.75) is 13.0 Å². The van der Waals surface area contributed by atoms with Crippen LogP contribution in [0.2, 0.25) is 0 Å². The van der Waals surface area contributed by atoms with Crippen molar-refractivity contribution in [1.82, 2.24) is 5.32 Å². The summed E-state index contributed by atoms with van der Waals surface area (Å²) in [4.78, 5) is 10.2. The Labute approximate surface area is 93.6 Å². The first-order valence-corrected chi connectivity index (χ1v) is 4.98. The van der Waals surface area contributed by atoms with Crippen molar-refractivity contribution in [3.05, 3.63) is 47.8 Å². The standard InChI is InChI=1S/C12H14FNO2/c1-9(14-8-2-3-12(15)16)10-4-6-11(13)7-5-10/h2-7,9,14H,8H2,1H3,(H,15,16)/b3-2+/t9-/m0/s1. The van der Waals surface area contributed by atoms with Crippen molar-refractivity contribution in [2.24, 2.45) is 0 Å². The van der Waals surface area contributed by atoms with Crippen LogP contribution in [0.1, 0.15) is 18.5 Å². The van der Waals surface area contributed by atoms with Crippen LogP contribution in [-0.2, 0) is 4.79 Å². The minimum atomic E-state index is -0.962.